The van der Waals surface area contributed by atoms with Crippen molar-refractivity contribution in [1.29, 1.82) is 0 Å². The van der Waals surface area contributed by atoms with Gasteiger partial charge in [-0.05, 0) is 30.5 Å². The summed E-state index contributed by atoms with van der Waals surface area (Å²) in [5, 5.41) is 11.8. The third kappa shape index (κ3) is 4.75. The molecule has 1 aromatic rings. The van der Waals surface area contributed by atoms with Crippen LogP contribution in [-0.2, 0) is 11.3 Å². The molecule has 0 aromatic heterocycles. The van der Waals surface area contributed by atoms with E-state index < -0.39 is 0 Å². The summed E-state index contributed by atoms with van der Waals surface area (Å²) in [6, 6.07) is 6.50. The molecule has 1 rings (SSSR count). The van der Waals surface area contributed by atoms with E-state index in [1.54, 1.807) is 0 Å². The zero-order chi connectivity index (χ0) is 11.8. The number of hydrogen-bond donors (Lipinski definition) is 2. The zero-order valence-electron chi connectivity index (χ0n) is 10.1. The molecule has 3 heteroatoms. The molecular weight excluding hydrogens is 202 g/mol. The van der Waals surface area contributed by atoms with Gasteiger partial charge in [-0.2, -0.15) is 0 Å². The molecule has 0 unspecified atom stereocenters. The van der Waals surface area contributed by atoms with E-state index in [0.717, 1.165) is 13.1 Å². The molecule has 0 heterocycles. The number of benzene rings is 1. The van der Waals surface area contributed by atoms with Crippen molar-refractivity contribution in [3.63, 3.8) is 0 Å². The van der Waals surface area contributed by atoms with Gasteiger partial charge in [0.05, 0.1) is 19.8 Å². The van der Waals surface area contributed by atoms with Gasteiger partial charge in [-0.3, -0.25) is 0 Å². The van der Waals surface area contributed by atoms with Crippen LogP contribution in [0.1, 0.15) is 16.7 Å². The molecule has 16 heavy (non-hydrogen) atoms. The van der Waals surface area contributed by atoms with Gasteiger partial charge in [-0.15, -0.1) is 0 Å². The number of ether oxygens (including phenoxy) is 1. The number of hydrogen-bond acceptors (Lipinski definition) is 3. The van der Waals surface area contributed by atoms with Crippen molar-refractivity contribution in [3.05, 3.63) is 34.9 Å². The van der Waals surface area contributed by atoms with Crippen LogP contribution in [-0.4, -0.2) is 31.5 Å². The number of aryl methyl sites for hydroxylation is 2. The second kappa shape index (κ2) is 7.39. The summed E-state index contributed by atoms with van der Waals surface area (Å²) in [5.74, 6) is 0. The van der Waals surface area contributed by atoms with E-state index >= 15 is 0 Å². The first-order valence-electron chi connectivity index (χ1n) is 5.69. The lowest BCUT2D eigenvalue weighted by Crippen LogP contribution is -2.20. The minimum atomic E-state index is 0.0944. The maximum atomic E-state index is 8.51. The van der Waals surface area contributed by atoms with Crippen molar-refractivity contribution in [3.8, 4) is 0 Å². The summed E-state index contributed by atoms with van der Waals surface area (Å²) in [4.78, 5) is 0. The Morgan fingerprint density at radius 1 is 1.19 bits per heavy atom. The molecule has 0 saturated heterocycles. The summed E-state index contributed by atoms with van der Waals surface area (Å²) < 4.78 is 5.15. The van der Waals surface area contributed by atoms with Crippen LogP contribution >= 0.6 is 0 Å². The lowest BCUT2D eigenvalue weighted by atomic mass is 10.1. The Morgan fingerprint density at radius 2 is 2.00 bits per heavy atom. The molecule has 0 radical (unpaired) electrons. The van der Waals surface area contributed by atoms with Gasteiger partial charge in [0.25, 0.3) is 0 Å². The Kier molecular flexibility index (Phi) is 6.08. The van der Waals surface area contributed by atoms with E-state index in [2.05, 4.69) is 37.4 Å². The fourth-order valence-corrected chi connectivity index (χ4v) is 1.46. The second-order valence-electron chi connectivity index (χ2n) is 3.93. The molecule has 1 aromatic carbocycles. The van der Waals surface area contributed by atoms with Crippen molar-refractivity contribution < 1.29 is 9.84 Å². The first-order valence-corrected chi connectivity index (χ1v) is 5.69. The standard InChI is InChI=1S/C13H21NO2/c1-11-3-4-13(9-12(11)2)10-14-5-7-16-8-6-15/h3-4,9,14-15H,5-8,10H2,1-2H3. The largest absolute Gasteiger partial charge is 0.394 e. The first kappa shape index (κ1) is 13.2. The van der Waals surface area contributed by atoms with Crippen LogP contribution < -0.4 is 5.32 Å². The fourth-order valence-electron chi connectivity index (χ4n) is 1.46. The van der Waals surface area contributed by atoms with Crippen molar-refractivity contribution >= 4 is 0 Å². The van der Waals surface area contributed by atoms with Gasteiger partial charge in [0.1, 0.15) is 0 Å². The number of rotatable bonds is 7. The number of nitrogens with one attached hydrogen (secondary N) is 1. The SMILES string of the molecule is Cc1ccc(CNCCOCCO)cc1C. The zero-order valence-corrected chi connectivity index (χ0v) is 10.1. The van der Waals surface area contributed by atoms with Crippen LogP contribution in [0.2, 0.25) is 0 Å². The predicted molar refractivity (Wildman–Crippen MR) is 65.5 cm³/mol. The molecule has 3 nitrogen and oxygen atoms in total. The predicted octanol–water partition coefficient (Wildman–Crippen LogP) is 1.40. The van der Waals surface area contributed by atoms with E-state index in [1.165, 1.54) is 16.7 Å². The molecule has 0 fully saturated rings. The topological polar surface area (TPSA) is 41.5 Å². The summed E-state index contributed by atoms with van der Waals surface area (Å²) in [7, 11) is 0. The Morgan fingerprint density at radius 3 is 2.69 bits per heavy atom. The van der Waals surface area contributed by atoms with Crippen LogP contribution in [0.5, 0.6) is 0 Å². The van der Waals surface area contributed by atoms with E-state index in [0.29, 0.717) is 13.2 Å². The van der Waals surface area contributed by atoms with Crippen LogP contribution in [0.3, 0.4) is 0 Å². The molecule has 0 bridgehead atoms. The van der Waals surface area contributed by atoms with Gasteiger partial charge >= 0.3 is 0 Å². The Hall–Kier alpha value is -0.900. The minimum Gasteiger partial charge on any atom is -0.394 e. The van der Waals surface area contributed by atoms with Crippen LogP contribution in [0.15, 0.2) is 18.2 Å². The van der Waals surface area contributed by atoms with Gasteiger partial charge < -0.3 is 15.2 Å². The monoisotopic (exact) mass is 223 g/mol. The maximum Gasteiger partial charge on any atom is 0.0698 e. The van der Waals surface area contributed by atoms with Crippen molar-refractivity contribution in [2.45, 2.75) is 20.4 Å². The Labute approximate surface area is 97.4 Å². The van der Waals surface area contributed by atoms with Gasteiger partial charge in [0.2, 0.25) is 0 Å². The minimum absolute atomic E-state index is 0.0944. The summed E-state index contributed by atoms with van der Waals surface area (Å²) in [6.07, 6.45) is 0. The number of aliphatic hydroxyl groups is 1. The average molecular weight is 223 g/mol. The first-order chi connectivity index (χ1) is 7.74. The number of aliphatic hydroxyl groups excluding tert-OH is 1. The highest BCUT2D eigenvalue weighted by atomic mass is 16.5. The van der Waals surface area contributed by atoms with Gasteiger partial charge in [0, 0.05) is 13.1 Å². The molecule has 0 spiro atoms. The van der Waals surface area contributed by atoms with Gasteiger partial charge in [-0.1, -0.05) is 18.2 Å². The molecule has 90 valence electrons. The molecule has 2 N–H and O–H groups in total. The van der Waals surface area contributed by atoms with Crippen LogP contribution in [0, 0.1) is 13.8 Å². The summed E-state index contributed by atoms with van der Waals surface area (Å²) >= 11 is 0. The Bertz CT molecular complexity index is 313. The highest BCUT2D eigenvalue weighted by Crippen LogP contribution is 2.09. The molecule has 0 aliphatic carbocycles. The van der Waals surface area contributed by atoms with Crippen molar-refractivity contribution in [2.24, 2.45) is 0 Å². The third-order valence-electron chi connectivity index (χ3n) is 2.56. The van der Waals surface area contributed by atoms with Gasteiger partial charge in [-0.25, -0.2) is 0 Å². The highest BCUT2D eigenvalue weighted by molar-refractivity contribution is 5.29. The van der Waals surface area contributed by atoms with Crippen LogP contribution in [0.25, 0.3) is 0 Å². The summed E-state index contributed by atoms with van der Waals surface area (Å²) in [6.45, 7) is 7.09. The molecule has 0 atom stereocenters. The maximum absolute atomic E-state index is 8.51. The van der Waals surface area contributed by atoms with E-state index in [-0.39, 0.29) is 6.61 Å². The summed E-state index contributed by atoms with van der Waals surface area (Å²) in [5.41, 5.74) is 3.95. The van der Waals surface area contributed by atoms with Gasteiger partial charge in [0.15, 0.2) is 0 Å². The Balaban J connectivity index is 2.19. The lowest BCUT2D eigenvalue weighted by molar-refractivity contribution is 0.0938. The van der Waals surface area contributed by atoms with E-state index in [9.17, 15) is 0 Å². The normalized spacial score (nSPS) is 10.7. The quantitative estimate of drug-likeness (QED) is 0.687. The molecule has 0 aliphatic rings. The lowest BCUT2D eigenvalue weighted by Gasteiger charge is -2.07. The third-order valence-corrected chi connectivity index (χ3v) is 2.56. The van der Waals surface area contributed by atoms with Crippen molar-refractivity contribution in [1.82, 2.24) is 5.32 Å². The molecule has 0 amide bonds. The second-order valence-corrected chi connectivity index (χ2v) is 3.93. The highest BCUT2D eigenvalue weighted by Gasteiger charge is 1.96. The molecule has 0 aliphatic heterocycles. The van der Waals surface area contributed by atoms with Crippen LogP contribution in [0.4, 0.5) is 0 Å². The van der Waals surface area contributed by atoms with Crippen molar-refractivity contribution in [2.75, 3.05) is 26.4 Å². The fraction of sp³-hybridized carbons (Fsp3) is 0.538. The molecule has 0 saturated carbocycles. The molecular formula is C13H21NO2. The smallest absolute Gasteiger partial charge is 0.0698 e. The van der Waals surface area contributed by atoms with E-state index in [1.807, 2.05) is 0 Å². The van der Waals surface area contributed by atoms with E-state index in [4.69, 9.17) is 9.84 Å². The average Bonchev–Trinajstić information content (AvgIpc) is 2.28.